The SMILES string of the molecule is C[C@@H]1CCCCN1CCCNC(=O)c1cc2c(s1)-c1ccccc1OC2. The Morgan fingerprint density at radius 2 is 2.23 bits per heavy atom. The van der Waals surface area contributed by atoms with Crippen molar-refractivity contribution in [3.8, 4) is 16.2 Å². The quantitative estimate of drug-likeness (QED) is 0.798. The van der Waals surface area contributed by atoms with Crippen LogP contribution < -0.4 is 10.1 Å². The second-order valence-electron chi connectivity index (χ2n) is 7.24. The van der Waals surface area contributed by atoms with E-state index in [4.69, 9.17) is 4.74 Å². The monoisotopic (exact) mass is 370 g/mol. The van der Waals surface area contributed by atoms with Crippen molar-refractivity contribution in [3.05, 3.63) is 40.8 Å². The van der Waals surface area contributed by atoms with Gasteiger partial charge in [-0.05, 0) is 50.9 Å². The summed E-state index contributed by atoms with van der Waals surface area (Å²) in [5.74, 6) is 0.943. The van der Waals surface area contributed by atoms with E-state index in [9.17, 15) is 4.79 Å². The van der Waals surface area contributed by atoms with Crippen LogP contribution in [0.15, 0.2) is 30.3 Å². The average Bonchev–Trinajstić information content (AvgIpc) is 3.11. The fourth-order valence-electron chi connectivity index (χ4n) is 3.87. The summed E-state index contributed by atoms with van der Waals surface area (Å²) in [7, 11) is 0. The van der Waals surface area contributed by atoms with E-state index in [-0.39, 0.29) is 5.91 Å². The van der Waals surface area contributed by atoms with Gasteiger partial charge in [0.2, 0.25) is 0 Å². The molecule has 4 nitrogen and oxygen atoms in total. The van der Waals surface area contributed by atoms with Gasteiger partial charge in [0.1, 0.15) is 12.4 Å². The second-order valence-corrected chi connectivity index (χ2v) is 8.29. The molecule has 1 atom stereocenters. The Kier molecular flexibility index (Phi) is 5.27. The van der Waals surface area contributed by atoms with Gasteiger partial charge in [0.25, 0.3) is 5.91 Å². The molecule has 1 N–H and O–H groups in total. The summed E-state index contributed by atoms with van der Waals surface area (Å²) in [5, 5.41) is 3.09. The van der Waals surface area contributed by atoms with E-state index < -0.39 is 0 Å². The second kappa shape index (κ2) is 7.80. The molecule has 1 aromatic carbocycles. The van der Waals surface area contributed by atoms with Crippen LogP contribution in [-0.2, 0) is 6.61 Å². The van der Waals surface area contributed by atoms with E-state index in [1.54, 1.807) is 11.3 Å². The number of thiophene rings is 1. The van der Waals surface area contributed by atoms with E-state index in [0.717, 1.165) is 41.3 Å². The molecule has 1 saturated heterocycles. The van der Waals surface area contributed by atoms with Crippen molar-refractivity contribution < 1.29 is 9.53 Å². The molecular formula is C21H26N2O2S. The molecule has 4 rings (SSSR count). The molecule has 2 aliphatic heterocycles. The number of hydrogen-bond acceptors (Lipinski definition) is 4. The molecule has 0 radical (unpaired) electrons. The summed E-state index contributed by atoms with van der Waals surface area (Å²) in [6.07, 6.45) is 4.97. The number of amides is 1. The number of piperidine rings is 1. The van der Waals surface area contributed by atoms with Crippen LogP contribution in [0.5, 0.6) is 5.75 Å². The van der Waals surface area contributed by atoms with Crippen LogP contribution in [-0.4, -0.2) is 36.5 Å². The molecule has 1 fully saturated rings. The highest BCUT2D eigenvalue weighted by Crippen LogP contribution is 2.42. The lowest BCUT2D eigenvalue weighted by Crippen LogP contribution is -2.39. The Bertz CT molecular complexity index is 786. The van der Waals surface area contributed by atoms with Crippen molar-refractivity contribution in [3.63, 3.8) is 0 Å². The number of hydrogen-bond donors (Lipinski definition) is 1. The Morgan fingerprint density at radius 1 is 1.35 bits per heavy atom. The van der Waals surface area contributed by atoms with E-state index in [1.165, 1.54) is 30.7 Å². The molecule has 1 aromatic heterocycles. The van der Waals surface area contributed by atoms with Gasteiger partial charge in [-0.3, -0.25) is 4.79 Å². The predicted octanol–water partition coefficient (Wildman–Crippen LogP) is 4.30. The zero-order valence-corrected chi connectivity index (χ0v) is 16.1. The lowest BCUT2D eigenvalue weighted by atomic mass is 10.0. The van der Waals surface area contributed by atoms with Crippen molar-refractivity contribution in [1.29, 1.82) is 0 Å². The highest BCUT2D eigenvalue weighted by molar-refractivity contribution is 7.17. The van der Waals surface area contributed by atoms with Crippen LogP contribution >= 0.6 is 11.3 Å². The van der Waals surface area contributed by atoms with Gasteiger partial charge in [0, 0.05) is 35.1 Å². The van der Waals surface area contributed by atoms with Gasteiger partial charge in [0.15, 0.2) is 0 Å². The normalized spacial score (nSPS) is 19.3. The number of benzene rings is 1. The van der Waals surface area contributed by atoms with Crippen molar-refractivity contribution >= 4 is 17.2 Å². The molecule has 138 valence electrons. The molecule has 3 heterocycles. The zero-order chi connectivity index (χ0) is 17.9. The molecule has 0 bridgehead atoms. The van der Waals surface area contributed by atoms with Crippen molar-refractivity contribution in [2.24, 2.45) is 0 Å². The summed E-state index contributed by atoms with van der Waals surface area (Å²) >= 11 is 1.57. The van der Waals surface area contributed by atoms with Crippen LogP contribution in [0.3, 0.4) is 0 Å². The highest BCUT2D eigenvalue weighted by Gasteiger charge is 2.22. The van der Waals surface area contributed by atoms with Crippen LogP contribution in [0.1, 0.15) is 47.8 Å². The summed E-state index contributed by atoms with van der Waals surface area (Å²) in [5.41, 5.74) is 2.21. The maximum Gasteiger partial charge on any atom is 0.261 e. The van der Waals surface area contributed by atoms with Gasteiger partial charge in [-0.25, -0.2) is 0 Å². The molecular weight excluding hydrogens is 344 g/mol. The van der Waals surface area contributed by atoms with E-state index in [2.05, 4.69) is 23.2 Å². The first-order valence-electron chi connectivity index (χ1n) is 9.59. The van der Waals surface area contributed by atoms with Crippen LogP contribution in [0, 0.1) is 0 Å². The lowest BCUT2D eigenvalue weighted by molar-refractivity contribution is 0.0953. The molecule has 5 heteroatoms. The molecule has 1 amide bonds. The van der Waals surface area contributed by atoms with E-state index in [0.29, 0.717) is 12.6 Å². The standard InChI is InChI=1S/C21H26N2O2S/c1-15-7-4-5-11-23(15)12-6-10-22-21(24)19-13-16-14-25-18-9-3-2-8-17(18)20(16)26-19/h2-3,8-9,13,15H,4-7,10-12,14H2,1H3,(H,22,24)/t15-/m1/s1. The number of fused-ring (bicyclic) bond motifs is 3. The number of carbonyl (C=O) groups excluding carboxylic acids is 1. The number of carbonyl (C=O) groups is 1. The largest absolute Gasteiger partial charge is 0.488 e. The van der Waals surface area contributed by atoms with E-state index in [1.807, 2.05) is 24.3 Å². The fourth-order valence-corrected chi connectivity index (χ4v) is 4.99. The number of rotatable bonds is 5. The topological polar surface area (TPSA) is 41.6 Å². The number of likely N-dealkylation sites (tertiary alicyclic amines) is 1. The van der Waals surface area contributed by atoms with Gasteiger partial charge in [-0.2, -0.15) is 0 Å². The lowest BCUT2D eigenvalue weighted by Gasteiger charge is -2.33. The first-order chi connectivity index (χ1) is 12.7. The third kappa shape index (κ3) is 3.64. The van der Waals surface area contributed by atoms with Gasteiger partial charge in [0.05, 0.1) is 4.88 Å². The first kappa shape index (κ1) is 17.6. The van der Waals surface area contributed by atoms with Gasteiger partial charge in [-0.1, -0.05) is 18.6 Å². The third-order valence-electron chi connectivity index (χ3n) is 5.40. The van der Waals surface area contributed by atoms with Crippen molar-refractivity contribution in [1.82, 2.24) is 10.2 Å². The minimum absolute atomic E-state index is 0.0357. The van der Waals surface area contributed by atoms with Gasteiger partial charge < -0.3 is 15.0 Å². The molecule has 26 heavy (non-hydrogen) atoms. The minimum Gasteiger partial charge on any atom is -0.488 e. The maximum absolute atomic E-state index is 12.5. The molecule has 2 aliphatic rings. The smallest absolute Gasteiger partial charge is 0.261 e. The maximum atomic E-state index is 12.5. The summed E-state index contributed by atoms with van der Waals surface area (Å²) in [6, 6.07) is 10.7. The Labute approximate surface area is 159 Å². The Morgan fingerprint density at radius 3 is 3.12 bits per heavy atom. The van der Waals surface area contributed by atoms with Gasteiger partial charge in [-0.15, -0.1) is 11.3 Å². The van der Waals surface area contributed by atoms with Gasteiger partial charge >= 0.3 is 0 Å². The first-order valence-corrected chi connectivity index (χ1v) is 10.4. The average molecular weight is 371 g/mol. The highest BCUT2D eigenvalue weighted by atomic mass is 32.1. The minimum atomic E-state index is 0.0357. The third-order valence-corrected chi connectivity index (χ3v) is 6.61. The molecule has 0 aliphatic carbocycles. The number of nitrogens with one attached hydrogen (secondary N) is 1. The van der Waals surface area contributed by atoms with Crippen molar-refractivity contribution in [2.45, 2.75) is 45.3 Å². The van der Waals surface area contributed by atoms with Crippen molar-refractivity contribution in [2.75, 3.05) is 19.6 Å². The summed E-state index contributed by atoms with van der Waals surface area (Å²) < 4.78 is 5.79. The Hall–Kier alpha value is -1.85. The van der Waals surface area contributed by atoms with Crippen LogP contribution in [0.4, 0.5) is 0 Å². The number of para-hydroxylation sites is 1. The molecule has 0 unspecified atom stereocenters. The summed E-state index contributed by atoms with van der Waals surface area (Å²) in [6.45, 7) is 5.87. The summed E-state index contributed by atoms with van der Waals surface area (Å²) in [4.78, 5) is 17.0. The fraction of sp³-hybridized carbons (Fsp3) is 0.476. The molecule has 0 saturated carbocycles. The number of nitrogens with zero attached hydrogens (tertiary/aromatic N) is 1. The zero-order valence-electron chi connectivity index (χ0n) is 15.3. The Balaban J connectivity index is 1.33. The van der Waals surface area contributed by atoms with Crippen LogP contribution in [0.2, 0.25) is 0 Å². The predicted molar refractivity (Wildman–Crippen MR) is 106 cm³/mol. The molecule has 0 spiro atoms. The number of ether oxygens (including phenoxy) is 1. The van der Waals surface area contributed by atoms with Crippen LogP contribution in [0.25, 0.3) is 10.4 Å². The molecule has 2 aromatic rings. The van der Waals surface area contributed by atoms with E-state index >= 15 is 0 Å².